The van der Waals surface area contributed by atoms with Crippen LogP contribution in [0.3, 0.4) is 0 Å². The number of methoxy groups -OCH3 is 1. The van der Waals surface area contributed by atoms with Crippen molar-refractivity contribution in [2.24, 2.45) is 0 Å². The highest BCUT2D eigenvalue weighted by atomic mass is 35.5. The van der Waals surface area contributed by atoms with E-state index in [4.69, 9.17) is 27.9 Å². The van der Waals surface area contributed by atoms with Crippen LogP contribution in [0.2, 0.25) is 10.0 Å². The molecule has 0 saturated carbocycles. The fourth-order valence-electron chi connectivity index (χ4n) is 3.17. The number of likely N-dealkylation sites (N-methyl/N-ethyl adjacent to an activating group) is 1. The van der Waals surface area contributed by atoms with Gasteiger partial charge < -0.3 is 15.0 Å². The van der Waals surface area contributed by atoms with Crippen molar-refractivity contribution in [1.82, 2.24) is 10.2 Å². The number of halogens is 2. The summed E-state index contributed by atoms with van der Waals surface area (Å²) < 4.78 is 31.4. The van der Waals surface area contributed by atoms with Crippen LogP contribution in [-0.2, 0) is 26.2 Å². The molecule has 2 aromatic carbocycles. The summed E-state index contributed by atoms with van der Waals surface area (Å²) in [6, 6.07) is 10.5. The average molecular weight is 516 g/mol. The summed E-state index contributed by atoms with van der Waals surface area (Å²) in [6.45, 7) is 3.23. The van der Waals surface area contributed by atoms with Crippen molar-refractivity contribution >= 4 is 50.7 Å². The molecule has 11 heteroatoms. The molecular formula is C22H27Cl2N3O5S. The third-order valence-corrected chi connectivity index (χ3v) is 6.75. The molecule has 2 aromatic rings. The van der Waals surface area contributed by atoms with E-state index in [0.29, 0.717) is 27.9 Å². The zero-order valence-electron chi connectivity index (χ0n) is 18.8. The lowest BCUT2D eigenvalue weighted by Gasteiger charge is -2.31. The summed E-state index contributed by atoms with van der Waals surface area (Å²) in [5.74, 6) is -0.645. The minimum absolute atomic E-state index is 0.0253. The fraction of sp³-hybridized carbons (Fsp3) is 0.364. The number of carbonyl (C=O) groups is 2. The van der Waals surface area contributed by atoms with E-state index in [2.05, 4.69) is 5.32 Å². The zero-order valence-corrected chi connectivity index (χ0v) is 21.2. The standard InChI is InChI=1S/C22H27Cl2N3O5S/c1-5-25-22(29)15(2)26(13-16-10-11-17(23)18(24)12-16)21(28)14-27(33(4,30)31)19-8-6-7-9-20(19)32-3/h6-12,15H,5,13-14H2,1-4H3,(H,25,29)/t15-/m0/s1. The van der Waals surface area contributed by atoms with Gasteiger partial charge in [0.15, 0.2) is 0 Å². The van der Waals surface area contributed by atoms with E-state index in [1.807, 2.05) is 0 Å². The predicted molar refractivity (Wildman–Crippen MR) is 130 cm³/mol. The summed E-state index contributed by atoms with van der Waals surface area (Å²) in [5, 5.41) is 3.35. The third-order valence-electron chi connectivity index (χ3n) is 4.89. The van der Waals surface area contributed by atoms with Crippen molar-refractivity contribution in [2.45, 2.75) is 26.4 Å². The number of anilines is 1. The van der Waals surface area contributed by atoms with E-state index in [0.717, 1.165) is 10.6 Å². The molecule has 0 spiro atoms. The van der Waals surface area contributed by atoms with Crippen LogP contribution in [0.5, 0.6) is 5.75 Å². The molecule has 0 fully saturated rings. The van der Waals surface area contributed by atoms with E-state index in [9.17, 15) is 18.0 Å². The minimum atomic E-state index is -3.85. The van der Waals surface area contributed by atoms with Crippen LogP contribution in [-0.4, -0.2) is 57.6 Å². The normalized spacial score (nSPS) is 12.1. The van der Waals surface area contributed by atoms with Crippen LogP contribution < -0.4 is 14.4 Å². The zero-order chi connectivity index (χ0) is 24.8. The van der Waals surface area contributed by atoms with Gasteiger partial charge in [-0.1, -0.05) is 41.4 Å². The molecule has 180 valence electrons. The highest BCUT2D eigenvalue weighted by molar-refractivity contribution is 7.92. The number of ether oxygens (including phenoxy) is 1. The number of nitrogens with zero attached hydrogens (tertiary/aromatic N) is 2. The lowest BCUT2D eigenvalue weighted by atomic mass is 10.1. The maximum absolute atomic E-state index is 13.4. The Morgan fingerprint density at radius 2 is 1.79 bits per heavy atom. The minimum Gasteiger partial charge on any atom is -0.495 e. The van der Waals surface area contributed by atoms with Gasteiger partial charge in [0.2, 0.25) is 21.8 Å². The number of amides is 2. The Labute approximate surface area is 204 Å². The van der Waals surface area contributed by atoms with Gasteiger partial charge in [-0.05, 0) is 43.7 Å². The van der Waals surface area contributed by atoms with Crippen molar-refractivity contribution in [2.75, 3.05) is 30.8 Å². The Kier molecular flexibility index (Phi) is 9.39. The molecule has 8 nitrogen and oxygen atoms in total. The summed E-state index contributed by atoms with van der Waals surface area (Å²) in [4.78, 5) is 27.3. The van der Waals surface area contributed by atoms with E-state index < -0.39 is 28.5 Å². The number of rotatable bonds is 10. The lowest BCUT2D eigenvalue weighted by molar-refractivity contribution is -0.139. The first-order valence-corrected chi connectivity index (χ1v) is 12.7. The Bertz CT molecular complexity index is 1110. The molecule has 0 unspecified atom stereocenters. The second-order valence-corrected chi connectivity index (χ2v) is 10.0. The van der Waals surface area contributed by atoms with Gasteiger partial charge >= 0.3 is 0 Å². The largest absolute Gasteiger partial charge is 0.495 e. The van der Waals surface area contributed by atoms with Gasteiger partial charge in [0.1, 0.15) is 18.3 Å². The Morgan fingerprint density at radius 1 is 1.12 bits per heavy atom. The van der Waals surface area contributed by atoms with Crippen molar-refractivity contribution in [1.29, 1.82) is 0 Å². The first kappa shape index (κ1) is 26.8. The predicted octanol–water partition coefficient (Wildman–Crippen LogP) is 3.32. The number of hydrogen-bond donors (Lipinski definition) is 1. The molecule has 1 atom stereocenters. The molecule has 0 aliphatic rings. The maximum atomic E-state index is 13.4. The molecule has 0 radical (unpaired) electrons. The molecule has 0 saturated heterocycles. The summed E-state index contributed by atoms with van der Waals surface area (Å²) in [5.41, 5.74) is 0.855. The highest BCUT2D eigenvalue weighted by Gasteiger charge is 2.31. The maximum Gasteiger partial charge on any atom is 0.244 e. The molecule has 33 heavy (non-hydrogen) atoms. The van der Waals surface area contributed by atoms with Crippen LogP contribution in [0.1, 0.15) is 19.4 Å². The van der Waals surface area contributed by atoms with Crippen molar-refractivity contribution in [3.63, 3.8) is 0 Å². The van der Waals surface area contributed by atoms with Crippen molar-refractivity contribution in [3.05, 3.63) is 58.1 Å². The van der Waals surface area contributed by atoms with E-state index in [1.54, 1.807) is 56.3 Å². The summed E-state index contributed by atoms with van der Waals surface area (Å²) in [6.07, 6.45) is 1.00. The summed E-state index contributed by atoms with van der Waals surface area (Å²) >= 11 is 12.1. The van der Waals surface area contributed by atoms with Crippen LogP contribution in [0.15, 0.2) is 42.5 Å². The number of para-hydroxylation sites is 2. The Morgan fingerprint density at radius 3 is 2.36 bits per heavy atom. The van der Waals surface area contributed by atoms with Crippen molar-refractivity contribution in [3.8, 4) is 5.75 Å². The molecule has 0 bridgehead atoms. The molecule has 2 rings (SSSR count). The lowest BCUT2D eigenvalue weighted by Crippen LogP contribution is -2.51. The number of hydrogen-bond acceptors (Lipinski definition) is 5. The number of benzene rings is 2. The molecule has 1 N–H and O–H groups in total. The van der Waals surface area contributed by atoms with E-state index in [1.165, 1.54) is 12.0 Å². The van der Waals surface area contributed by atoms with E-state index >= 15 is 0 Å². The van der Waals surface area contributed by atoms with Gasteiger partial charge in [0.25, 0.3) is 0 Å². The van der Waals surface area contributed by atoms with Gasteiger partial charge in [-0.25, -0.2) is 8.42 Å². The molecule has 2 amide bonds. The second kappa shape index (κ2) is 11.6. The van der Waals surface area contributed by atoms with Gasteiger partial charge in [-0.15, -0.1) is 0 Å². The Balaban J connectivity index is 2.44. The fourth-order valence-corrected chi connectivity index (χ4v) is 4.34. The quantitative estimate of drug-likeness (QED) is 0.523. The van der Waals surface area contributed by atoms with Gasteiger partial charge in [-0.3, -0.25) is 13.9 Å². The second-order valence-electron chi connectivity index (χ2n) is 7.28. The molecule has 0 aliphatic heterocycles. The molecule has 0 aromatic heterocycles. The molecule has 0 aliphatic carbocycles. The first-order valence-electron chi connectivity index (χ1n) is 10.1. The Hall–Kier alpha value is -2.49. The van der Waals surface area contributed by atoms with E-state index in [-0.39, 0.29) is 18.1 Å². The topological polar surface area (TPSA) is 96.0 Å². The summed E-state index contributed by atoms with van der Waals surface area (Å²) in [7, 11) is -2.44. The van der Waals surface area contributed by atoms with Crippen molar-refractivity contribution < 1.29 is 22.7 Å². The van der Waals surface area contributed by atoms with Crippen LogP contribution in [0.25, 0.3) is 0 Å². The number of sulfonamides is 1. The van der Waals surface area contributed by atoms with Crippen LogP contribution in [0, 0.1) is 0 Å². The number of nitrogens with one attached hydrogen (secondary N) is 1. The average Bonchev–Trinajstić information content (AvgIpc) is 2.76. The van der Waals surface area contributed by atoms with Gasteiger partial charge in [0.05, 0.1) is 29.1 Å². The first-order chi connectivity index (χ1) is 15.5. The monoisotopic (exact) mass is 515 g/mol. The smallest absolute Gasteiger partial charge is 0.244 e. The third kappa shape index (κ3) is 6.99. The molecule has 0 heterocycles. The van der Waals surface area contributed by atoms with Crippen LogP contribution >= 0.6 is 23.2 Å². The van der Waals surface area contributed by atoms with Gasteiger partial charge in [-0.2, -0.15) is 0 Å². The van der Waals surface area contributed by atoms with Gasteiger partial charge in [0, 0.05) is 13.1 Å². The highest BCUT2D eigenvalue weighted by Crippen LogP contribution is 2.30. The SMILES string of the molecule is CCNC(=O)[C@H](C)N(Cc1ccc(Cl)c(Cl)c1)C(=O)CN(c1ccccc1OC)S(C)(=O)=O. The van der Waals surface area contributed by atoms with Crippen LogP contribution in [0.4, 0.5) is 5.69 Å². The number of carbonyl (C=O) groups excluding carboxylic acids is 2. The molecular weight excluding hydrogens is 489 g/mol.